The van der Waals surface area contributed by atoms with Crippen LogP contribution in [0.1, 0.15) is 0 Å². The zero-order chi connectivity index (χ0) is 25.4. The number of hydrogen-bond donors (Lipinski definition) is 0. The van der Waals surface area contributed by atoms with Gasteiger partial charge in [-0.25, -0.2) is 4.68 Å². The van der Waals surface area contributed by atoms with E-state index in [0.717, 1.165) is 11.1 Å². The van der Waals surface area contributed by atoms with Crippen LogP contribution in [0.5, 0.6) is 0 Å². The van der Waals surface area contributed by atoms with Crippen molar-refractivity contribution in [1.29, 1.82) is 0 Å². The monoisotopic (exact) mass is 485 g/mol. The van der Waals surface area contributed by atoms with Crippen LogP contribution in [0.25, 0.3) is 44.8 Å². The first-order chi connectivity index (χ1) is 18.1. The summed E-state index contributed by atoms with van der Waals surface area (Å²) in [6.07, 6.45) is 0. The van der Waals surface area contributed by atoms with Crippen molar-refractivity contribution in [2.24, 2.45) is 0 Å². The molecule has 8 heteroatoms. The van der Waals surface area contributed by atoms with Crippen molar-refractivity contribution in [2.45, 2.75) is 0 Å². The van der Waals surface area contributed by atoms with E-state index in [4.69, 9.17) is 10.2 Å². The largest absolute Gasteiger partial charge is 0.299 e. The first-order valence-electron chi connectivity index (χ1n) is 11.6. The molecule has 0 spiro atoms. The number of nitro benzene ring substituents is 1. The molecule has 0 atom stereocenters. The molecule has 37 heavy (non-hydrogen) atoms. The molecule has 6 rings (SSSR count). The Kier molecular flexibility index (Phi) is 5.39. The highest BCUT2D eigenvalue weighted by molar-refractivity contribution is 6.02. The number of non-ortho nitro benzene ring substituents is 1. The fourth-order valence-corrected chi connectivity index (χ4v) is 4.40. The highest BCUT2D eigenvalue weighted by Crippen LogP contribution is 2.36. The molecule has 4 aromatic carbocycles. The summed E-state index contributed by atoms with van der Waals surface area (Å²) in [6, 6.07) is 34.6. The number of para-hydroxylation sites is 1. The summed E-state index contributed by atoms with van der Waals surface area (Å²) < 4.78 is 3.03. The zero-order valence-corrected chi connectivity index (χ0v) is 19.4. The Morgan fingerprint density at radius 3 is 1.76 bits per heavy atom. The van der Waals surface area contributed by atoms with Crippen LogP contribution < -0.4 is 5.56 Å². The smallest absolute Gasteiger partial charge is 0.265 e. The fraction of sp³-hybridized carbons (Fsp3) is 0. The molecule has 8 nitrogen and oxygen atoms in total. The van der Waals surface area contributed by atoms with Gasteiger partial charge in [0.15, 0.2) is 5.52 Å². The summed E-state index contributed by atoms with van der Waals surface area (Å²) in [5.41, 5.74) is 4.01. The van der Waals surface area contributed by atoms with Gasteiger partial charge in [-0.1, -0.05) is 78.9 Å². The summed E-state index contributed by atoms with van der Waals surface area (Å²) in [4.78, 5) is 24.6. The van der Waals surface area contributed by atoms with Gasteiger partial charge < -0.3 is 0 Å². The number of nitro groups is 1. The van der Waals surface area contributed by atoms with Crippen LogP contribution in [0.15, 0.2) is 120 Å². The molecule has 178 valence electrons. The van der Waals surface area contributed by atoms with Gasteiger partial charge in [0.25, 0.3) is 11.2 Å². The van der Waals surface area contributed by atoms with E-state index in [2.05, 4.69) is 0 Å². The van der Waals surface area contributed by atoms with Crippen molar-refractivity contribution in [3.63, 3.8) is 0 Å². The molecule has 0 aliphatic rings. The van der Waals surface area contributed by atoms with E-state index in [0.29, 0.717) is 28.1 Å². The molecule has 0 N–H and O–H groups in total. The lowest BCUT2D eigenvalue weighted by atomic mass is 10.0. The maximum absolute atomic E-state index is 13.8. The Morgan fingerprint density at radius 1 is 0.622 bits per heavy atom. The van der Waals surface area contributed by atoms with Crippen LogP contribution >= 0.6 is 0 Å². The second-order valence-corrected chi connectivity index (χ2v) is 8.39. The second kappa shape index (κ2) is 9.01. The normalized spacial score (nSPS) is 11.0. The van der Waals surface area contributed by atoms with E-state index in [1.165, 1.54) is 16.8 Å². The van der Waals surface area contributed by atoms with Crippen LogP contribution in [0, 0.1) is 10.1 Å². The highest BCUT2D eigenvalue weighted by atomic mass is 16.6. The van der Waals surface area contributed by atoms with Gasteiger partial charge in [0.05, 0.1) is 27.4 Å². The lowest BCUT2D eigenvalue weighted by molar-refractivity contribution is -0.384. The Bertz CT molecular complexity index is 1790. The molecule has 0 fully saturated rings. The number of aromatic nitrogens is 4. The van der Waals surface area contributed by atoms with Gasteiger partial charge in [-0.2, -0.15) is 14.9 Å². The van der Waals surface area contributed by atoms with E-state index in [1.54, 1.807) is 16.8 Å². The molecule has 0 bridgehead atoms. The molecule has 0 saturated heterocycles. The number of hydrogen-bond acceptors (Lipinski definition) is 5. The SMILES string of the molecule is O=c1c2nn(-c3ccc([N+](=O)[O-])cc3)c(-c3ccccc3)c2c(-c2ccccc2)nn1-c1ccccc1. The van der Waals surface area contributed by atoms with Gasteiger partial charge >= 0.3 is 0 Å². The topological polar surface area (TPSA) is 95.8 Å². The third-order valence-corrected chi connectivity index (χ3v) is 6.12. The Hall–Kier alpha value is -5.37. The maximum atomic E-state index is 13.8. The van der Waals surface area contributed by atoms with Crippen LogP contribution in [0.2, 0.25) is 0 Å². The van der Waals surface area contributed by atoms with Crippen molar-refractivity contribution in [3.05, 3.63) is 136 Å². The molecular formula is C29H19N5O3. The van der Waals surface area contributed by atoms with Crippen LogP contribution in [0.4, 0.5) is 5.69 Å². The quantitative estimate of drug-likeness (QED) is 0.227. The number of nitrogens with zero attached hydrogens (tertiary/aromatic N) is 5. The van der Waals surface area contributed by atoms with E-state index < -0.39 is 4.92 Å². The third-order valence-electron chi connectivity index (χ3n) is 6.12. The molecule has 6 aromatic rings. The van der Waals surface area contributed by atoms with Crippen molar-refractivity contribution in [1.82, 2.24) is 19.6 Å². The van der Waals surface area contributed by atoms with Crippen LogP contribution in [-0.4, -0.2) is 24.5 Å². The summed E-state index contributed by atoms with van der Waals surface area (Å²) >= 11 is 0. The minimum atomic E-state index is -0.447. The molecule has 0 saturated carbocycles. The first-order valence-corrected chi connectivity index (χ1v) is 11.6. The minimum absolute atomic E-state index is 0.0280. The van der Waals surface area contributed by atoms with Crippen molar-refractivity contribution in [3.8, 4) is 33.9 Å². The van der Waals surface area contributed by atoms with Crippen molar-refractivity contribution < 1.29 is 4.92 Å². The molecule has 0 aliphatic carbocycles. The summed E-state index contributed by atoms with van der Waals surface area (Å²) in [5.74, 6) is 0. The molecule has 0 amide bonds. The standard InChI is InChI=1S/C29H19N5O3/c35-29-27-25(26(20-10-4-1-5-11-20)30-33(29)22-14-8-3-9-15-22)28(21-12-6-2-7-13-21)32(31-27)23-16-18-24(19-17-23)34(36)37/h1-19H. The average molecular weight is 486 g/mol. The molecule has 0 radical (unpaired) electrons. The fourth-order valence-electron chi connectivity index (χ4n) is 4.40. The number of rotatable bonds is 5. The van der Waals surface area contributed by atoms with E-state index in [1.807, 2.05) is 91.0 Å². The second-order valence-electron chi connectivity index (χ2n) is 8.39. The minimum Gasteiger partial charge on any atom is -0.265 e. The van der Waals surface area contributed by atoms with E-state index >= 15 is 0 Å². The third kappa shape index (κ3) is 3.86. The van der Waals surface area contributed by atoms with Crippen molar-refractivity contribution in [2.75, 3.05) is 0 Å². The number of benzene rings is 4. The predicted octanol–water partition coefficient (Wildman–Crippen LogP) is 5.81. The van der Waals surface area contributed by atoms with Gasteiger partial charge in [-0.15, -0.1) is 0 Å². The Labute approximate surface area is 210 Å². The summed E-state index contributed by atoms with van der Waals surface area (Å²) in [6.45, 7) is 0. The lowest BCUT2D eigenvalue weighted by Gasteiger charge is -2.11. The van der Waals surface area contributed by atoms with Gasteiger partial charge in [-0.05, 0) is 24.3 Å². The average Bonchev–Trinajstić information content (AvgIpc) is 3.36. The van der Waals surface area contributed by atoms with Gasteiger partial charge in [0.1, 0.15) is 5.69 Å². The molecule has 0 unspecified atom stereocenters. The maximum Gasteiger partial charge on any atom is 0.299 e. The first kappa shape index (κ1) is 22.1. The van der Waals surface area contributed by atoms with Crippen LogP contribution in [0.3, 0.4) is 0 Å². The Morgan fingerprint density at radius 2 is 1.16 bits per heavy atom. The molecular weight excluding hydrogens is 466 g/mol. The Balaban J connectivity index is 1.75. The predicted molar refractivity (Wildman–Crippen MR) is 142 cm³/mol. The van der Waals surface area contributed by atoms with E-state index in [9.17, 15) is 14.9 Å². The summed E-state index contributed by atoms with van der Waals surface area (Å²) in [7, 11) is 0. The summed E-state index contributed by atoms with van der Waals surface area (Å²) in [5, 5.41) is 21.4. The van der Waals surface area contributed by atoms with Gasteiger partial charge in [0.2, 0.25) is 0 Å². The number of fused-ring (bicyclic) bond motifs is 1. The molecule has 2 aromatic heterocycles. The van der Waals surface area contributed by atoms with Crippen molar-refractivity contribution >= 4 is 16.6 Å². The van der Waals surface area contributed by atoms with E-state index in [-0.39, 0.29) is 16.8 Å². The lowest BCUT2D eigenvalue weighted by Crippen LogP contribution is -2.22. The highest BCUT2D eigenvalue weighted by Gasteiger charge is 2.24. The van der Waals surface area contributed by atoms with Gasteiger partial charge in [0, 0.05) is 23.3 Å². The zero-order valence-electron chi connectivity index (χ0n) is 19.4. The van der Waals surface area contributed by atoms with Crippen LogP contribution in [-0.2, 0) is 0 Å². The molecule has 2 heterocycles. The van der Waals surface area contributed by atoms with Gasteiger partial charge in [-0.3, -0.25) is 14.9 Å². The molecule has 0 aliphatic heterocycles.